The Morgan fingerprint density at radius 2 is 1.97 bits per heavy atom. The number of hydrogen-bond donors (Lipinski definition) is 2. The van der Waals surface area contributed by atoms with Crippen LogP contribution in [0.2, 0.25) is 0 Å². The van der Waals surface area contributed by atoms with Gasteiger partial charge in [0.15, 0.2) is 0 Å². The Morgan fingerprint density at radius 3 is 2.69 bits per heavy atom. The molecule has 1 unspecified atom stereocenters. The molecule has 7 heteroatoms. The van der Waals surface area contributed by atoms with Crippen molar-refractivity contribution in [3.8, 4) is 17.2 Å². The number of aliphatic hydroxyl groups excluding tert-OH is 1. The Kier molecular flexibility index (Phi) is 4.68. The molecular formula is C25H26N6O. The molecule has 0 spiro atoms. The predicted molar refractivity (Wildman–Crippen MR) is 128 cm³/mol. The van der Waals surface area contributed by atoms with Gasteiger partial charge in [-0.1, -0.05) is 6.07 Å². The summed E-state index contributed by atoms with van der Waals surface area (Å²) in [6.45, 7) is 5.69. The summed E-state index contributed by atoms with van der Waals surface area (Å²) in [5.41, 5.74) is 9.65. The molecule has 7 nitrogen and oxygen atoms in total. The largest absolute Gasteiger partial charge is 0.371 e. The van der Waals surface area contributed by atoms with Crippen LogP contribution >= 0.6 is 0 Å². The zero-order chi connectivity index (χ0) is 22.6. The van der Waals surface area contributed by atoms with Crippen molar-refractivity contribution in [3.05, 3.63) is 58.9 Å². The molecule has 2 aromatic carbocycles. The lowest BCUT2D eigenvalue weighted by Gasteiger charge is -2.40. The molecule has 0 aliphatic carbocycles. The molecule has 0 saturated heterocycles. The maximum absolute atomic E-state index is 10.3. The lowest BCUT2D eigenvalue weighted by molar-refractivity contribution is 0.240. The van der Waals surface area contributed by atoms with E-state index < -0.39 is 6.23 Å². The molecule has 0 amide bonds. The molecule has 2 aliphatic heterocycles. The van der Waals surface area contributed by atoms with E-state index in [-0.39, 0.29) is 0 Å². The quantitative estimate of drug-likeness (QED) is 0.645. The average Bonchev–Trinajstić information content (AvgIpc) is 3.21. The van der Waals surface area contributed by atoms with Crippen molar-refractivity contribution in [3.63, 3.8) is 0 Å². The maximum atomic E-state index is 10.3. The molecule has 32 heavy (non-hydrogen) atoms. The third-order valence-electron chi connectivity index (χ3n) is 6.40. The number of aliphatic hydroxyl groups is 1. The fraction of sp³-hybridized carbons (Fsp3) is 0.280. The number of nitrogens with one attached hydrogen (secondary N) is 1. The van der Waals surface area contributed by atoms with Crippen molar-refractivity contribution in [1.29, 1.82) is 5.26 Å². The second-order valence-corrected chi connectivity index (χ2v) is 8.60. The minimum absolute atomic E-state index is 0.625. The van der Waals surface area contributed by atoms with Crippen molar-refractivity contribution in [2.75, 3.05) is 35.3 Å². The highest BCUT2D eigenvalue weighted by atomic mass is 16.3. The predicted octanol–water partition coefficient (Wildman–Crippen LogP) is 4.00. The van der Waals surface area contributed by atoms with Gasteiger partial charge in [-0.3, -0.25) is 4.68 Å². The van der Waals surface area contributed by atoms with E-state index in [1.54, 1.807) is 10.9 Å². The monoisotopic (exact) mass is 426 g/mol. The van der Waals surface area contributed by atoms with Gasteiger partial charge >= 0.3 is 0 Å². The number of fused-ring (bicyclic) bond motifs is 2. The summed E-state index contributed by atoms with van der Waals surface area (Å²) >= 11 is 0. The van der Waals surface area contributed by atoms with Gasteiger partial charge in [0.2, 0.25) is 0 Å². The first-order valence-electron chi connectivity index (χ1n) is 10.7. The van der Waals surface area contributed by atoms with Crippen molar-refractivity contribution < 1.29 is 5.11 Å². The van der Waals surface area contributed by atoms with Gasteiger partial charge in [-0.25, -0.2) is 0 Å². The van der Waals surface area contributed by atoms with Crippen molar-refractivity contribution in [2.45, 2.75) is 20.1 Å². The van der Waals surface area contributed by atoms with Gasteiger partial charge in [-0.05, 0) is 49.3 Å². The van der Waals surface area contributed by atoms with Crippen molar-refractivity contribution >= 4 is 28.8 Å². The molecule has 3 aromatic rings. The number of aryl methyl sites for hydroxylation is 2. The zero-order valence-electron chi connectivity index (χ0n) is 18.7. The van der Waals surface area contributed by atoms with E-state index in [4.69, 9.17) is 0 Å². The molecule has 2 N–H and O–H groups in total. The van der Waals surface area contributed by atoms with Gasteiger partial charge in [0.25, 0.3) is 0 Å². The summed E-state index contributed by atoms with van der Waals surface area (Å²) in [7, 11) is 3.97. The third-order valence-corrected chi connectivity index (χ3v) is 6.40. The Morgan fingerprint density at radius 1 is 1.16 bits per heavy atom. The van der Waals surface area contributed by atoms with Gasteiger partial charge in [0.05, 0.1) is 34.9 Å². The number of hydrogen-bond acceptors (Lipinski definition) is 6. The van der Waals surface area contributed by atoms with Gasteiger partial charge < -0.3 is 20.2 Å². The number of benzene rings is 2. The molecule has 1 atom stereocenters. The third kappa shape index (κ3) is 3.12. The second-order valence-electron chi connectivity index (χ2n) is 8.60. The SMILES string of the molecule is CC1=Cc2c(ccc(C)c2N2CCN(C)c3cc(-c4cnn(C)c4)c(C#N)cc32)NC1O. The molecule has 5 rings (SSSR count). The van der Waals surface area contributed by atoms with Crippen LogP contribution in [0.5, 0.6) is 0 Å². The molecule has 3 heterocycles. The summed E-state index contributed by atoms with van der Waals surface area (Å²) in [6.07, 6.45) is 5.12. The highest BCUT2D eigenvalue weighted by molar-refractivity contribution is 5.92. The first-order chi connectivity index (χ1) is 15.4. The molecule has 0 fully saturated rings. The van der Waals surface area contributed by atoms with Crippen molar-refractivity contribution in [1.82, 2.24) is 9.78 Å². The first-order valence-corrected chi connectivity index (χ1v) is 10.7. The first kappa shape index (κ1) is 20.2. The Labute approximate surface area is 187 Å². The van der Waals surface area contributed by atoms with Crippen LogP contribution in [0.25, 0.3) is 17.2 Å². The summed E-state index contributed by atoms with van der Waals surface area (Å²) in [4.78, 5) is 4.54. The van der Waals surface area contributed by atoms with Crippen LogP contribution < -0.4 is 15.1 Å². The lowest BCUT2D eigenvalue weighted by atomic mass is 9.95. The van der Waals surface area contributed by atoms with Gasteiger partial charge in [0, 0.05) is 55.8 Å². The number of nitriles is 1. The summed E-state index contributed by atoms with van der Waals surface area (Å²) in [5, 5.41) is 27.7. The van der Waals surface area contributed by atoms with Gasteiger partial charge in [0.1, 0.15) is 6.23 Å². The minimum Gasteiger partial charge on any atom is -0.371 e. The Bertz CT molecular complexity index is 1300. The van der Waals surface area contributed by atoms with Crippen LogP contribution in [0, 0.1) is 18.3 Å². The molecule has 0 saturated carbocycles. The Balaban J connectivity index is 1.71. The standard InChI is InChI=1S/C25H26N6O/c1-15-5-6-21-20(9-16(2)25(32)28-21)24(15)31-8-7-29(3)22-11-19(17(12-26)10-23(22)31)18-13-27-30(4)14-18/h5-6,9-11,13-14,25,28,32H,7-8H2,1-4H3. The lowest BCUT2D eigenvalue weighted by Crippen LogP contribution is -2.37. The smallest absolute Gasteiger partial charge is 0.146 e. The van der Waals surface area contributed by atoms with Gasteiger partial charge in [-0.2, -0.15) is 10.4 Å². The summed E-state index contributed by atoms with van der Waals surface area (Å²) in [6, 6.07) is 10.6. The summed E-state index contributed by atoms with van der Waals surface area (Å²) < 4.78 is 1.75. The van der Waals surface area contributed by atoms with Crippen LogP contribution in [0.3, 0.4) is 0 Å². The second kappa shape index (κ2) is 7.43. The molecule has 0 radical (unpaired) electrons. The van der Waals surface area contributed by atoms with E-state index in [1.807, 2.05) is 32.3 Å². The van der Waals surface area contributed by atoms with Crippen LogP contribution in [-0.2, 0) is 7.05 Å². The summed E-state index contributed by atoms with van der Waals surface area (Å²) in [5.74, 6) is 0. The number of likely N-dealkylation sites (N-methyl/N-ethyl adjacent to an activating group) is 1. The van der Waals surface area contributed by atoms with E-state index >= 15 is 0 Å². The van der Waals surface area contributed by atoms with E-state index in [1.165, 1.54) is 0 Å². The fourth-order valence-electron chi connectivity index (χ4n) is 4.63. The van der Waals surface area contributed by atoms with E-state index in [9.17, 15) is 10.4 Å². The minimum atomic E-state index is -0.676. The number of anilines is 4. The topological polar surface area (TPSA) is 80.4 Å². The highest BCUT2D eigenvalue weighted by Gasteiger charge is 2.29. The molecule has 1 aromatic heterocycles. The van der Waals surface area contributed by atoms with E-state index in [0.717, 1.165) is 63.7 Å². The number of rotatable bonds is 2. The zero-order valence-corrected chi connectivity index (χ0v) is 18.7. The van der Waals surface area contributed by atoms with Crippen LogP contribution in [-0.4, -0.2) is 41.3 Å². The van der Waals surface area contributed by atoms with Crippen molar-refractivity contribution in [2.24, 2.45) is 7.05 Å². The highest BCUT2D eigenvalue weighted by Crippen LogP contribution is 2.46. The Hall–Kier alpha value is -3.76. The van der Waals surface area contributed by atoms with E-state index in [2.05, 4.69) is 58.5 Å². The van der Waals surface area contributed by atoms with Crippen LogP contribution in [0.1, 0.15) is 23.6 Å². The molecular weight excluding hydrogens is 400 g/mol. The normalized spacial score (nSPS) is 17.2. The fourth-order valence-corrected chi connectivity index (χ4v) is 4.63. The van der Waals surface area contributed by atoms with E-state index in [0.29, 0.717) is 5.56 Å². The number of aromatic nitrogens is 2. The number of nitrogens with zero attached hydrogens (tertiary/aromatic N) is 5. The van der Waals surface area contributed by atoms with Gasteiger partial charge in [-0.15, -0.1) is 0 Å². The van der Waals surface area contributed by atoms with Crippen LogP contribution in [0.15, 0.2) is 42.2 Å². The molecule has 162 valence electrons. The van der Waals surface area contributed by atoms with Crippen LogP contribution in [0.4, 0.5) is 22.7 Å². The molecule has 0 bridgehead atoms. The maximum Gasteiger partial charge on any atom is 0.146 e. The average molecular weight is 427 g/mol. The molecule has 2 aliphatic rings.